The van der Waals surface area contributed by atoms with E-state index in [1.165, 1.54) is 11.3 Å². The second-order valence-corrected chi connectivity index (χ2v) is 4.47. The van der Waals surface area contributed by atoms with Crippen LogP contribution < -0.4 is 10.5 Å². The molecule has 3 aromatic rings. The van der Waals surface area contributed by atoms with Gasteiger partial charge in [-0.25, -0.2) is 4.98 Å². The van der Waals surface area contributed by atoms with Gasteiger partial charge in [0.05, 0.1) is 17.7 Å². The van der Waals surface area contributed by atoms with Crippen molar-refractivity contribution in [3.05, 3.63) is 29.6 Å². The topological polar surface area (TPSA) is 61.3 Å². The molecule has 0 radical (unpaired) electrons. The third kappa shape index (κ3) is 1.55. The molecular formula is C12H10N2O2S. The Morgan fingerprint density at radius 1 is 1.35 bits per heavy atom. The summed E-state index contributed by atoms with van der Waals surface area (Å²) in [6.45, 7) is 0. The molecule has 4 nitrogen and oxygen atoms in total. The van der Waals surface area contributed by atoms with Crippen LogP contribution in [0.5, 0.6) is 5.75 Å². The Bertz CT molecular complexity index is 672. The van der Waals surface area contributed by atoms with Crippen molar-refractivity contribution in [2.24, 2.45) is 0 Å². The molecule has 2 heterocycles. The molecule has 3 rings (SSSR count). The number of ether oxygens (including phenoxy) is 1. The second kappa shape index (κ2) is 3.78. The highest BCUT2D eigenvalue weighted by atomic mass is 32.1. The summed E-state index contributed by atoms with van der Waals surface area (Å²) in [7, 11) is 1.61. The number of para-hydroxylation sites is 1. The van der Waals surface area contributed by atoms with Crippen LogP contribution >= 0.6 is 11.3 Å². The van der Waals surface area contributed by atoms with E-state index >= 15 is 0 Å². The molecule has 0 spiro atoms. The summed E-state index contributed by atoms with van der Waals surface area (Å²) in [5, 5.41) is 2.62. The van der Waals surface area contributed by atoms with Crippen LogP contribution in [0.2, 0.25) is 0 Å². The number of rotatable bonds is 2. The number of anilines is 1. The fourth-order valence-corrected chi connectivity index (χ4v) is 2.33. The van der Waals surface area contributed by atoms with Crippen LogP contribution in [0.1, 0.15) is 0 Å². The largest absolute Gasteiger partial charge is 0.494 e. The minimum Gasteiger partial charge on any atom is -0.494 e. The maximum atomic E-state index is 5.85. The van der Waals surface area contributed by atoms with E-state index in [1.807, 2.05) is 29.6 Å². The van der Waals surface area contributed by atoms with E-state index in [-0.39, 0.29) is 0 Å². The van der Waals surface area contributed by atoms with Crippen molar-refractivity contribution in [2.75, 3.05) is 12.8 Å². The molecule has 0 unspecified atom stereocenters. The fraction of sp³-hybridized carbons (Fsp3) is 0.0833. The van der Waals surface area contributed by atoms with Crippen LogP contribution in [0.3, 0.4) is 0 Å². The Kier molecular flexibility index (Phi) is 2.26. The molecule has 0 saturated heterocycles. The van der Waals surface area contributed by atoms with Gasteiger partial charge in [0.1, 0.15) is 5.75 Å². The monoisotopic (exact) mass is 246 g/mol. The number of benzene rings is 1. The molecule has 0 atom stereocenters. The van der Waals surface area contributed by atoms with Crippen LogP contribution in [-0.4, -0.2) is 12.1 Å². The van der Waals surface area contributed by atoms with Crippen molar-refractivity contribution in [1.82, 2.24) is 4.98 Å². The first-order chi connectivity index (χ1) is 8.29. The average Bonchev–Trinajstić information content (AvgIpc) is 2.93. The minimum absolute atomic E-state index is 0.531. The summed E-state index contributed by atoms with van der Waals surface area (Å²) in [6, 6.07) is 7.48. The van der Waals surface area contributed by atoms with E-state index in [2.05, 4.69) is 4.98 Å². The maximum absolute atomic E-state index is 5.85. The van der Waals surface area contributed by atoms with E-state index in [9.17, 15) is 0 Å². The van der Waals surface area contributed by atoms with Crippen LogP contribution in [0.25, 0.3) is 22.6 Å². The molecule has 86 valence electrons. The van der Waals surface area contributed by atoms with Gasteiger partial charge in [0.15, 0.2) is 11.1 Å². The first-order valence-corrected chi connectivity index (χ1v) is 5.94. The predicted molar refractivity (Wildman–Crippen MR) is 68.3 cm³/mol. The summed E-state index contributed by atoms with van der Waals surface area (Å²) in [5.74, 6) is 1.23. The Morgan fingerprint density at radius 3 is 2.94 bits per heavy atom. The van der Waals surface area contributed by atoms with E-state index < -0.39 is 0 Å². The quantitative estimate of drug-likeness (QED) is 0.754. The lowest BCUT2D eigenvalue weighted by Gasteiger charge is -1.96. The molecule has 2 aromatic heterocycles. The van der Waals surface area contributed by atoms with Crippen LogP contribution in [-0.2, 0) is 0 Å². The highest BCUT2D eigenvalue weighted by molar-refractivity contribution is 7.14. The molecule has 17 heavy (non-hydrogen) atoms. The van der Waals surface area contributed by atoms with Gasteiger partial charge in [-0.15, -0.1) is 11.3 Å². The number of methoxy groups -OCH3 is 1. The Balaban J connectivity index is 2.24. The zero-order valence-electron chi connectivity index (χ0n) is 9.14. The number of nitrogens with two attached hydrogens (primary N) is 1. The van der Waals surface area contributed by atoms with Gasteiger partial charge in [0.2, 0.25) is 5.89 Å². The molecule has 0 aliphatic heterocycles. The molecule has 0 fully saturated rings. The molecule has 1 aromatic carbocycles. The van der Waals surface area contributed by atoms with Gasteiger partial charge in [0.25, 0.3) is 0 Å². The summed E-state index contributed by atoms with van der Waals surface area (Å²) < 4.78 is 10.9. The van der Waals surface area contributed by atoms with Crippen molar-refractivity contribution in [1.29, 1.82) is 0 Å². The lowest BCUT2D eigenvalue weighted by atomic mass is 10.3. The number of fused-ring (bicyclic) bond motifs is 1. The summed E-state index contributed by atoms with van der Waals surface area (Å²) in [5.41, 5.74) is 8.10. The van der Waals surface area contributed by atoms with E-state index in [4.69, 9.17) is 14.9 Å². The number of hydrogen-bond acceptors (Lipinski definition) is 5. The number of thiophene rings is 1. The highest BCUT2D eigenvalue weighted by Crippen LogP contribution is 2.34. The second-order valence-electron chi connectivity index (χ2n) is 3.52. The molecule has 0 saturated carbocycles. The SMILES string of the molecule is COc1cccc2oc(-c3ccsc3N)nc12. The Morgan fingerprint density at radius 2 is 2.24 bits per heavy atom. The summed E-state index contributed by atoms with van der Waals surface area (Å²) in [6.07, 6.45) is 0. The predicted octanol–water partition coefficient (Wildman–Crippen LogP) is 3.15. The highest BCUT2D eigenvalue weighted by Gasteiger charge is 2.14. The first kappa shape index (κ1) is 10.2. The maximum Gasteiger partial charge on any atom is 0.230 e. The molecule has 0 amide bonds. The number of nitrogens with zero attached hydrogens (tertiary/aromatic N) is 1. The normalized spacial score (nSPS) is 10.9. The van der Waals surface area contributed by atoms with E-state index in [0.29, 0.717) is 22.2 Å². The molecular weight excluding hydrogens is 236 g/mol. The van der Waals surface area contributed by atoms with Crippen molar-refractivity contribution >= 4 is 27.4 Å². The third-order valence-corrected chi connectivity index (χ3v) is 3.27. The van der Waals surface area contributed by atoms with E-state index in [0.717, 1.165) is 11.1 Å². The zero-order valence-corrected chi connectivity index (χ0v) is 9.95. The number of hydrogen-bond donors (Lipinski definition) is 1. The minimum atomic E-state index is 0.531. The number of oxazole rings is 1. The third-order valence-electron chi connectivity index (χ3n) is 2.53. The Labute approximate surface area is 102 Å². The molecule has 2 N–H and O–H groups in total. The number of nitrogen functional groups attached to an aromatic ring is 1. The van der Waals surface area contributed by atoms with Crippen molar-refractivity contribution in [2.45, 2.75) is 0 Å². The lowest BCUT2D eigenvalue weighted by Crippen LogP contribution is -1.84. The van der Waals surface area contributed by atoms with Crippen molar-refractivity contribution < 1.29 is 9.15 Å². The number of aromatic nitrogens is 1. The van der Waals surface area contributed by atoms with Crippen molar-refractivity contribution in [3.8, 4) is 17.2 Å². The lowest BCUT2D eigenvalue weighted by molar-refractivity contribution is 0.419. The van der Waals surface area contributed by atoms with Gasteiger partial charge >= 0.3 is 0 Å². The van der Waals surface area contributed by atoms with Gasteiger partial charge in [-0.05, 0) is 23.6 Å². The standard InChI is InChI=1S/C12H10N2O2S/c1-15-8-3-2-4-9-10(8)14-12(16-9)7-5-6-17-11(7)13/h2-6H,13H2,1H3. The van der Waals surface area contributed by atoms with E-state index in [1.54, 1.807) is 7.11 Å². The average molecular weight is 246 g/mol. The first-order valence-electron chi connectivity index (χ1n) is 5.06. The van der Waals surface area contributed by atoms with Gasteiger partial charge in [-0.2, -0.15) is 0 Å². The molecule has 0 aliphatic carbocycles. The summed E-state index contributed by atoms with van der Waals surface area (Å²) >= 11 is 1.47. The molecule has 0 bridgehead atoms. The molecule has 0 aliphatic rings. The van der Waals surface area contributed by atoms with Gasteiger partial charge < -0.3 is 14.9 Å². The zero-order chi connectivity index (χ0) is 11.8. The van der Waals surface area contributed by atoms with Crippen LogP contribution in [0.15, 0.2) is 34.1 Å². The van der Waals surface area contributed by atoms with Gasteiger partial charge in [-0.3, -0.25) is 0 Å². The summed E-state index contributed by atoms with van der Waals surface area (Å²) in [4.78, 5) is 4.42. The van der Waals surface area contributed by atoms with Gasteiger partial charge in [0, 0.05) is 0 Å². The van der Waals surface area contributed by atoms with Crippen LogP contribution in [0, 0.1) is 0 Å². The van der Waals surface area contributed by atoms with Gasteiger partial charge in [-0.1, -0.05) is 6.07 Å². The van der Waals surface area contributed by atoms with Crippen molar-refractivity contribution in [3.63, 3.8) is 0 Å². The van der Waals surface area contributed by atoms with Crippen LogP contribution in [0.4, 0.5) is 5.00 Å². The Hall–Kier alpha value is -2.01. The fourth-order valence-electron chi connectivity index (χ4n) is 1.70. The molecule has 5 heteroatoms. The smallest absolute Gasteiger partial charge is 0.230 e.